The predicted molar refractivity (Wildman–Crippen MR) is 58.7 cm³/mol. The highest BCUT2D eigenvalue weighted by Gasteiger charge is 2.01. The van der Waals surface area contributed by atoms with Gasteiger partial charge in [-0.25, -0.2) is 9.97 Å². The highest BCUT2D eigenvalue weighted by atomic mass is 32.1. The third-order valence-electron chi connectivity index (χ3n) is 1.74. The Morgan fingerprint density at radius 2 is 2.27 bits per heavy atom. The Morgan fingerprint density at radius 1 is 1.47 bits per heavy atom. The fourth-order valence-corrected chi connectivity index (χ4v) is 1.65. The highest BCUT2D eigenvalue weighted by molar-refractivity contribution is 7.07. The number of nitrogens with two attached hydrogens (primary N) is 1. The summed E-state index contributed by atoms with van der Waals surface area (Å²) in [6.45, 7) is 0.474. The summed E-state index contributed by atoms with van der Waals surface area (Å²) in [5, 5.41) is 4.73. The fraction of sp³-hybridized carbons (Fsp3) is 0.125. The van der Waals surface area contributed by atoms with Crippen molar-refractivity contribution in [2.75, 3.05) is 11.1 Å². The van der Waals surface area contributed by atoms with E-state index in [1.165, 1.54) is 6.20 Å². The molecule has 4 N–H and O–H groups in total. The van der Waals surface area contributed by atoms with Gasteiger partial charge in [0.05, 0.1) is 6.54 Å². The molecule has 2 heterocycles. The van der Waals surface area contributed by atoms with Gasteiger partial charge in [0, 0.05) is 23.5 Å². The number of hydrogen-bond donors (Lipinski definition) is 3. The summed E-state index contributed by atoms with van der Waals surface area (Å²) < 4.78 is 0. The number of thiazole rings is 1. The minimum Gasteiger partial charge on any atom is -0.381 e. The second kappa shape index (κ2) is 4.09. The lowest BCUT2D eigenvalue weighted by Crippen LogP contribution is -2.07. The van der Waals surface area contributed by atoms with Crippen LogP contribution in [-0.4, -0.2) is 15.0 Å². The van der Waals surface area contributed by atoms with E-state index in [2.05, 4.69) is 20.3 Å². The molecule has 0 aliphatic rings. The molecule has 0 aliphatic carbocycles. The number of nitrogen functional groups attached to an aromatic ring is 1. The van der Waals surface area contributed by atoms with Crippen molar-refractivity contribution in [1.82, 2.24) is 15.0 Å². The molecule has 0 aliphatic heterocycles. The molecule has 0 saturated carbocycles. The van der Waals surface area contributed by atoms with Crippen LogP contribution in [0, 0.1) is 0 Å². The summed E-state index contributed by atoms with van der Waals surface area (Å²) in [6.07, 6.45) is 3.07. The molecule has 0 aromatic carbocycles. The van der Waals surface area contributed by atoms with E-state index < -0.39 is 0 Å². The van der Waals surface area contributed by atoms with Crippen LogP contribution in [0.2, 0.25) is 0 Å². The third kappa shape index (κ3) is 2.32. The van der Waals surface area contributed by atoms with E-state index in [0.29, 0.717) is 18.2 Å². The molecule has 0 unspecified atom stereocenters. The van der Waals surface area contributed by atoms with Crippen molar-refractivity contribution < 1.29 is 0 Å². The first kappa shape index (κ1) is 9.66. The zero-order chi connectivity index (χ0) is 10.7. The molecular weight excluding hydrogens is 214 g/mol. The lowest BCUT2D eigenvalue weighted by Gasteiger charge is -2.04. The van der Waals surface area contributed by atoms with Crippen LogP contribution >= 0.6 is 11.3 Å². The Bertz CT molecular complexity index is 505. The minimum atomic E-state index is -0.0704. The standard InChI is InChI=1S/C8H9N5OS/c9-6-7(11-2-1-10-6)12-3-5-4-15-8(14)13-5/h1-2,4H,3H2,(H2,9,10)(H,11,12)(H,13,14). The van der Waals surface area contributed by atoms with E-state index in [9.17, 15) is 4.79 Å². The number of hydrogen-bond acceptors (Lipinski definition) is 6. The van der Waals surface area contributed by atoms with Crippen LogP contribution in [0.1, 0.15) is 5.69 Å². The lowest BCUT2D eigenvalue weighted by atomic mass is 10.4. The number of rotatable bonds is 3. The lowest BCUT2D eigenvalue weighted by molar-refractivity contribution is 1.03. The average molecular weight is 223 g/mol. The molecule has 15 heavy (non-hydrogen) atoms. The van der Waals surface area contributed by atoms with Crippen molar-refractivity contribution in [2.24, 2.45) is 0 Å². The number of nitrogens with zero attached hydrogens (tertiary/aromatic N) is 2. The fourth-order valence-electron chi connectivity index (χ4n) is 1.06. The second-order valence-corrected chi connectivity index (χ2v) is 3.66. The van der Waals surface area contributed by atoms with Gasteiger partial charge in [0.25, 0.3) is 0 Å². The number of aromatic nitrogens is 3. The predicted octanol–water partition coefficient (Wildman–Crippen LogP) is 0.421. The van der Waals surface area contributed by atoms with Crippen molar-refractivity contribution in [3.8, 4) is 0 Å². The third-order valence-corrected chi connectivity index (χ3v) is 2.46. The molecule has 2 aromatic rings. The van der Waals surface area contributed by atoms with Crippen LogP contribution in [0.3, 0.4) is 0 Å². The summed E-state index contributed by atoms with van der Waals surface area (Å²) in [5.74, 6) is 0.861. The normalized spacial score (nSPS) is 10.1. The Balaban J connectivity index is 2.05. The molecule has 0 spiro atoms. The average Bonchev–Trinajstić information content (AvgIpc) is 2.63. The molecule has 2 rings (SSSR count). The van der Waals surface area contributed by atoms with Gasteiger partial charge in [-0.1, -0.05) is 11.3 Å². The molecule has 0 radical (unpaired) electrons. The van der Waals surface area contributed by atoms with Crippen LogP contribution in [0.25, 0.3) is 0 Å². The Kier molecular flexibility index (Phi) is 2.64. The van der Waals surface area contributed by atoms with E-state index in [4.69, 9.17) is 5.73 Å². The van der Waals surface area contributed by atoms with Crippen molar-refractivity contribution in [3.63, 3.8) is 0 Å². The maximum absolute atomic E-state index is 10.9. The minimum absolute atomic E-state index is 0.0704. The quantitative estimate of drug-likeness (QED) is 0.700. The van der Waals surface area contributed by atoms with Crippen LogP contribution in [0.15, 0.2) is 22.6 Å². The molecule has 6 nitrogen and oxygen atoms in total. The number of H-pyrrole nitrogens is 1. The van der Waals surface area contributed by atoms with Crippen molar-refractivity contribution in [3.05, 3.63) is 33.1 Å². The van der Waals surface area contributed by atoms with Gasteiger partial charge in [0.1, 0.15) is 0 Å². The molecule has 7 heteroatoms. The Morgan fingerprint density at radius 3 is 2.93 bits per heavy atom. The van der Waals surface area contributed by atoms with Crippen molar-refractivity contribution in [1.29, 1.82) is 0 Å². The van der Waals surface area contributed by atoms with E-state index in [1.54, 1.807) is 11.6 Å². The van der Waals surface area contributed by atoms with E-state index >= 15 is 0 Å². The van der Waals surface area contributed by atoms with Gasteiger partial charge in [-0.15, -0.1) is 0 Å². The zero-order valence-corrected chi connectivity index (χ0v) is 8.54. The summed E-state index contributed by atoms with van der Waals surface area (Å²) >= 11 is 1.13. The molecule has 2 aromatic heterocycles. The largest absolute Gasteiger partial charge is 0.381 e. The first-order chi connectivity index (χ1) is 7.25. The second-order valence-electron chi connectivity index (χ2n) is 2.82. The van der Waals surface area contributed by atoms with Gasteiger partial charge in [-0.05, 0) is 0 Å². The molecule has 0 fully saturated rings. The van der Waals surface area contributed by atoms with E-state index in [0.717, 1.165) is 17.0 Å². The van der Waals surface area contributed by atoms with Crippen LogP contribution in [0.4, 0.5) is 11.6 Å². The summed E-state index contributed by atoms with van der Waals surface area (Å²) in [6, 6.07) is 0. The molecule has 0 bridgehead atoms. The first-order valence-electron chi connectivity index (χ1n) is 4.23. The Hall–Kier alpha value is -1.89. The first-order valence-corrected chi connectivity index (χ1v) is 5.11. The zero-order valence-electron chi connectivity index (χ0n) is 7.73. The highest BCUT2D eigenvalue weighted by Crippen LogP contribution is 2.10. The summed E-state index contributed by atoms with van der Waals surface area (Å²) in [7, 11) is 0. The number of anilines is 2. The topological polar surface area (TPSA) is 96.7 Å². The van der Waals surface area contributed by atoms with Crippen LogP contribution in [0.5, 0.6) is 0 Å². The number of nitrogens with one attached hydrogen (secondary N) is 2. The molecule has 78 valence electrons. The maximum Gasteiger partial charge on any atom is 0.304 e. The van der Waals surface area contributed by atoms with E-state index in [-0.39, 0.29) is 4.87 Å². The van der Waals surface area contributed by atoms with Gasteiger partial charge >= 0.3 is 4.87 Å². The summed E-state index contributed by atoms with van der Waals surface area (Å²) in [5.41, 5.74) is 6.39. The van der Waals surface area contributed by atoms with Crippen molar-refractivity contribution >= 4 is 23.0 Å². The van der Waals surface area contributed by atoms with E-state index in [1.807, 2.05) is 0 Å². The van der Waals surface area contributed by atoms with Crippen LogP contribution in [-0.2, 0) is 6.54 Å². The smallest absolute Gasteiger partial charge is 0.304 e. The van der Waals surface area contributed by atoms with Gasteiger partial charge in [-0.3, -0.25) is 4.79 Å². The molecule has 0 saturated heterocycles. The van der Waals surface area contributed by atoms with Crippen molar-refractivity contribution in [2.45, 2.75) is 6.54 Å². The van der Waals surface area contributed by atoms with Crippen LogP contribution < -0.4 is 15.9 Å². The SMILES string of the molecule is Nc1nccnc1NCc1csc(=O)[nH]1. The monoisotopic (exact) mass is 223 g/mol. The molecular formula is C8H9N5OS. The maximum atomic E-state index is 10.9. The van der Waals surface area contributed by atoms with Gasteiger partial charge in [0.15, 0.2) is 11.6 Å². The van der Waals surface area contributed by atoms with Gasteiger partial charge in [-0.2, -0.15) is 0 Å². The number of aromatic amines is 1. The Labute approximate surface area is 89.2 Å². The van der Waals surface area contributed by atoms with Gasteiger partial charge in [0.2, 0.25) is 0 Å². The molecule has 0 atom stereocenters. The molecule has 0 amide bonds. The van der Waals surface area contributed by atoms with Gasteiger partial charge < -0.3 is 16.0 Å². The summed E-state index contributed by atoms with van der Waals surface area (Å²) in [4.78, 5) is 21.4.